The number of anilines is 1. The van der Waals surface area contributed by atoms with Crippen molar-refractivity contribution >= 4 is 28.5 Å². The zero-order valence-corrected chi connectivity index (χ0v) is 23.4. The monoisotopic (exact) mass is 541 g/mol. The van der Waals surface area contributed by atoms with Crippen LogP contribution in [-0.4, -0.2) is 47.1 Å². The largest absolute Gasteiger partial charge is 0.497 e. The first-order valence-corrected chi connectivity index (χ1v) is 13.6. The number of hydrogen-bond acceptors (Lipinski definition) is 6. The van der Waals surface area contributed by atoms with E-state index < -0.39 is 6.04 Å². The smallest absolute Gasteiger partial charge is 0.249 e. The van der Waals surface area contributed by atoms with Crippen LogP contribution in [0, 0.1) is 13.8 Å². The third kappa shape index (κ3) is 5.50. The van der Waals surface area contributed by atoms with E-state index in [-0.39, 0.29) is 24.4 Å². The number of benzene rings is 3. The third-order valence-corrected chi connectivity index (χ3v) is 7.54. The molecule has 1 aromatic heterocycles. The first-order chi connectivity index (χ1) is 19.4. The lowest BCUT2D eigenvalue weighted by Crippen LogP contribution is -2.47. The number of nitrogens with one attached hydrogen (secondary N) is 1. The Labute approximate surface area is 234 Å². The molecule has 4 aromatic rings. The van der Waals surface area contributed by atoms with Crippen LogP contribution in [0.25, 0.3) is 11.0 Å². The van der Waals surface area contributed by atoms with Crippen molar-refractivity contribution in [3.8, 4) is 11.5 Å². The number of amides is 2. The van der Waals surface area contributed by atoms with E-state index in [1.54, 1.807) is 42.0 Å². The molecule has 0 aliphatic heterocycles. The van der Waals surface area contributed by atoms with Gasteiger partial charge in [-0.15, -0.1) is 5.10 Å². The number of ether oxygens (including phenoxy) is 2. The number of aryl methyl sites for hydroxylation is 2. The average molecular weight is 542 g/mol. The maximum atomic E-state index is 14.4. The van der Waals surface area contributed by atoms with Crippen molar-refractivity contribution in [1.29, 1.82) is 0 Å². The fourth-order valence-electron chi connectivity index (χ4n) is 5.43. The minimum absolute atomic E-state index is 0.0639. The van der Waals surface area contributed by atoms with Gasteiger partial charge in [-0.05, 0) is 68.1 Å². The van der Waals surface area contributed by atoms with Gasteiger partial charge >= 0.3 is 0 Å². The van der Waals surface area contributed by atoms with Gasteiger partial charge in [0.25, 0.3) is 0 Å². The van der Waals surface area contributed by atoms with E-state index in [4.69, 9.17) is 9.47 Å². The van der Waals surface area contributed by atoms with Gasteiger partial charge in [0.2, 0.25) is 11.8 Å². The Morgan fingerprint density at radius 2 is 1.80 bits per heavy atom. The topological polar surface area (TPSA) is 98.6 Å². The van der Waals surface area contributed by atoms with Crippen molar-refractivity contribution in [1.82, 2.24) is 20.3 Å². The standard InChI is InChI=1S/C31H35N5O4/c1-20-13-14-21(2)27(17-20)36(29(37)19-35-26-12-8-7-11-25(26)33-34-35)30(31(38)32-22-9-5-6-10-22)24-16-15-23(39-3)18-28(24)40-4/h7-8,11-18,22,30H,5-6,9-10,19H2,1-4H3,(H,32,38)/t30-/m1/s1. The van der Waals surface area contributed by atoms with E-state index in [2.05, 4.69) is 15.6 Å². The van der Waals surface area contributed by atoms with Crippen LogP contribution in [-0.2, 0) is 16.1 Å². The average Bonchev–Trinajstić information content (AvgIpc) is 3.63. The van der Waals surface area contributed by atoms with Gasteiger partial charge in [-0.1, -0.05) is 42.3 Å². The predicted octanol–water partition coefficient (Wildman–Crippen LogP) is 4.90. The first kappa shape index (κ1) is 27.2. The molecule has 9 heteroatoms. The molecule has 3 aromatic carbocycles. The van der Waals surface area contributed by atoms with Gasteiger partial charge < -0.3 is 14.8 Å². The van der Waals surface area contributed by atoms with Crippen molar-refractivity contribution in [2.24, 2.45) is 0 Å². The molecule has 1 fully saturated rings. The second-order valence-corrected chi connectivity index (χ2v) is 10.3. The lowest BCUT2D eigenvalue weighted by molar-refractivity contribution is -0.127. The summed E-state index contributed by atoms with van der Waals surface area (Å²) < 4.78 is 12.7. The molecule has 1 heterocycles. The fourth-order valence-corrected chi connectivity index (χ4v) is 5.43. The van der Waals surface area contributed by atoms with Crippen molar-refractivity contribution < 1.29 is 19.1 Å². The summed E-state index contributed by atoms with van der Waals surface area (Å²) in [4.78, 5) is 30.2. The molecule has 5 rings (SSSR count). The number of hydrogen-bond donors (Lipinski definition) is 1. The Morgan fingerprint density at radius 3 is 2.55 bits per heavy atom. The van der Waals surface area contributed by atoms with Crippen LogP contribution >= 0.6 is 0 Å². The van der Waals surface area contributed by atoms with Crippen LogP contribution in [0.2, 0.25) is 0 Å². The van der Waals surface area contributed by atoms with E-state index in [1.807, 2.05) is 56.3 Å². The number of carbonyl (C=O) groups excluding carboxylic acids is 2. The highest BCUT2D eigenvalue weighted by Crippen LogP contribution is 2.38. The molecular weight excluding hydrogens is 506 g/mol. The van der Waals surface area contributed by atoms with Gasteiger partial charge in [-0.25, -0.2) is 4.68 Å². The second kappa shape index (κ2) is 11.8. The quantitative estimate of drug-likeness (QED) is 0.324. The number of methoxy groups -OCH3 is 2. The zero-order valence-electron chi connectivity index (χ0n) is 23.4. The van der Waals surface area contributed by atoms with Crippen LogP contribution in [0.4, 0.5) is 5.69 Å². The summed E-state index contributed by atoms with van der Waals surface area (Å²) >= 11 is 0. The third-order valence-electron chi connectivity index (χ3n) is 7.54. The molecule has 1 N–H and O–H groups in total. The van der Waals surface area contributed by atoms with E-state index >= 15 is 0 Å². The Kier molecular flexibility index (Phi) is 8.00. The minimum atomic E-state index is -0.996. The molecule has 9 nitrogen and oxygen atoms in total. The van der Waals surface area contributed by atoms with Crippen molar-refractivity contribution in [3.63, 3.8) is 0 Å². The van der Waals surface area contributed by atoms with Gasteiger partial charge in [-0.2, -0.15) is 0 Å². The highest BCUT2D eigenvalue weighted by atomic mass is 16.5. The minimum Gasteiger partial charge on any atom is -0.497 e. The molecule has 1 aliphatic rings. The highest BCUT2D eigenvalue weighted by molar-refractivity contribution is 6.02. The molecule has 0 spiro atoms. The number of rotatable bonds is 9. The van der Waals surface area contributed by atoms with E-state index in [9.17, 15) is 9.59 Å². The van der Waals surface area contributed by atoms with Crippen LogP contribution in [0.3, 0.4) is 0 Å². The number of aromatic nitrogens is 3. The molecule has 0 bridgehead atoms. The van der Waals surface area contributed by atoms with Gasteiger partial charge in [-0.3, -0.25) is 14.5 Å². The summed E-state index contributed by atoms with van der Waals surface area (Å²) in [6, 6.07) is 17.8. The van der Waals surface area contributed by atoms with Gasteiger partial charge in [0, 0.05) is 23.4 Å². The SMILES string of the molecule is COc1ccc([C@H](C(=O)NC2CCCC2)N(C(=O)Cn2nnc3ccccc32)c2cc(C)ccc2C)c(OC)c1. The zero-order chi connectivity index (χ0) is 28.2. The van der Waals surface area contributed by atoms with Gasteiger partial charge in [0.1, 0.15) is 29.6 Å². The maximum Gasteiger partial charge on any atom is 0.249 e. The first-order valence-electron chi connectivity index (χ1n) is 13.6. The highest BCUT2D eigenvalue weighted by Gasteiger charge is 2.37. The van der Waals surface area contributed by atoms with Crippen molar-refractivity contribution in [2.75, 3.05) is 19.1 Å². The number of carbonyl (C=O) groups is 2. The fraction of sp³-hybridized carbons (Fsp3) is 0.355. The molecule has 0 radical (unpaired) electrons. The maximum absolute atomic E-state index is 14.4. The number of nitrogens with zero attached hydrogens (tertiary/aromatic N) is 4. The molecule has 1 atom stereocenters. The molecule has 1 saturated carbocycles. The predicted molar refractivity (Wildman–Crippen MR) is 154 cm³/mol. The summed E-state index contributed by atoms with van der Waals surface area (Å²) in [5.74, 6) is 0.497. The molecule has 2 amide bonds. The lowest BCUT2D eigenvalue weighted by atomic mass is 9.99. The molecule has 40 heavy (non-hydrogen) atoms. The number of fused-ring (bicyclic) bond motifs is 1. The molecule has 0 saturated heterocycles. The van der Waals surface area contributed by atoms with Gasteiger partial charge in [0.15, 0.2) is 0 Å². The summed E-state index contributed by atoms with van der Waals surface area (Å²) in [6.45, 7) is 3.81. The summed E-state index contributed by atoms with van der Waals surface area (Å²) in [5.41, 5.74) is 4.50. The molecule has 1 aliphatic carbocycles. The van der Waals surface area contributed by atoms with Crippen LogP contribution in [0.1, 0.15) is 48.4 Å². The molecular formula is C31H35N5O4. The Bertz CT molecular complexity index is 1530. The lowest BCUT2D eigenvalue weighted by Gasteiger charge is -2.34. The van der Waals surface area contributed by atoms with Crippen molar-refractivity contribution in [3.05, 3.63) is 77.4 Å². The Balaban J connectivity index is 1.65. The van der Waals surface area contributed by atoms with Crippen molar-refractivity contribution in [2.45, 2.75) is 58.2 Å². The van der Waals surface area contributed by atoms with E-state index in [0.29, 0.717) is 28.3 Å². The normalized spacial score (nSPS) is 14.2. The number of para-hydroxylation sites is 1. The Hall–Kier alpha value is -4.40. The Morgan fingerprint density at radius 1 is 1.02 bits per heavy atom. The molecule has 208 valence electrons. The summed E-state index contributed by atoms with van der Waals surface area (Å²) in [5, 5.41) is 11.7. The van der Waals surface area contributed by atoms with E-state index in [0.717, 1.165) is 42.3 Å². The van der Waals surface area contributed by atoms with Gasteiger partial charge in [0.05, 0.1) is 19.7 Å². The second-order valence-electron chi connectivity index (χ2n) is 10.3. The summed E-state index contributed by atoms with van der Waals surface area (Å²) in [6.07, 6.45) is 3.97. The van der Waals surface area contributed by atoms with Crippen LogP contribution < -0.4 is 19.7 Å². The molecule has 0 unspecified atom stereocenters. The van der Waals surface area contributed by atoms with E-state index in [1.165, 1.54) is 0 Å². The summed E-state index contributed by atoms with van der Waals surface area (Å²) in [7, 11) is 3.13. The van der Waals surface area contributed by atoms with Crippen LogP contribution in [0.15, 0.2) is 60.7 Å². The van der Waals surface area contributed by atoms with Crippen LogP contribution in [0.5, 0.6) is 11.5 Å².